The monoisotopic (exact) mass is 223 g/mol. The summed E-state index contributed by atoms with van der Waals surface area (Å²) in [6, 6.07) is 5.23. The Morgan fingerprint density at radius 2 is 1.86 bits per heavy atom. The maximum atomic E-state index is 12.2. The van der Waals surface area contributed by atoms with Gasteiger partial charge in [-0.25, -0.2) is 8.78 Å². The van der Waals surface area contributed by atoms with E-state index in [0.29, 0.717) is 11.3 Å². The molecule has 80 valence electrons. The molecule has 0 radical (unpaired) electrons. The Balaban J connectivity index is 0.00000169. The lowest BCUT2D eigenvalue weighted by Gasteiger charge is -2.14. The van der Waals surface area contributed by atoms with E-state index in [9.17, 15) is 8.78 Å². The second-order valence-electron chi connectivity index (χ2n) is 2.60. The van der Waals surface area contributed by atoms with Gasteiger partial charge in [0.1, 0.15) is 5.75 Å². The second-order valence-corrected chi connectivity index (χ2v) is 2.60. The van der Waals surface area contributed by atoms with Crippen LogP contribution in [0.15, 0.2) is 24.3 Å². The third-order valence-electron chi connectivity index (χ3n) is 1.77. The number of ether oxygens (including phenoxy) is 1. The maximum Gasteiger partial charge on any atom is 0.257 e. The van der Waals surface area contributed by atoms with Gasteiger partial charge in [-0.15, -0.1) is 12.4 Å². The molecule has 0 bridgehead atoms. The topological polar surface area (TPSA) is 35.2 Å². The fourth-order valence-corrected chi connectivity index (χ4v) is 1.08. The highest BCUT2D eigenvalue weighted by Gasteiger charge is 2.20. The van der Waals surface area contributed by atoms with Gasteiger partial charge in [0.25, 0.3) is 6.43 Å². The summed E-state index contributed by atoms with van der Waals surface area (Å²) in [5.74, 6) is 0.398. The summed E-state index contributed by atoms with van der Waals surface area (Å²) in [6.45, 7) is 0. The molecule has 0 saturated carbocycles. The van der Waals surface area contributed by atoms with E-state index in [4.69, 9.17) is 10.5 Å². The zero-order valence-electron chi connectivity index (χ0n) is 7.61. The van der Waals surface area contributed by atoms with Crippen molar-refractivity contribution in [3.63, 3.8) is 0 Å². The number of nitrogens with two attached hydrogens (primary N) is 1. The maximum absolute atomic E-state index is 12.2. The molecular weight excluding hydrogens is 212 g/mol. The highest BCUT2D eigenvalue weighted by molar-refractivity contribution is 5.85. The summed E-state index contributed by atoms with van der Waals surface area (Å²) in [7, 11) is 1.43. The number of alkyl halides is 2. The molecule has 5 heteroatoms. The van der Waals surface area contributed by atoms with Crippen LogP contribution in [0.5, 0.6) is 5.75 Å². The van der Waals surface area contributed by atoms with Gasteiger partial charge in [-0.05, 0) is 6.07 Å². The van der Waals surface area contributed by atoms with Crippen LogP contribution in [-0.2, 0) is 0 Å². The first-order valence-corrected chi connectivity index (χ1v) is 3.83. The van der Waals surface area contributed by atoms with Crippen molar-refractivity contribution in [3.05, 3.63) is 29.8 Å². The van der Waals surface area contributed by atoms with Crippen molar-refractivity contribution >= 4 is 12.4 Å². The molecule has 0 spiro atoms. The highest BCUT2D eigenvalue weighted by Crippen LogP contribution is 2.26. The average Bonchev–Trinajstić information content (AvgIpc) is 2.16. The van der Waals surface area contributed by atoms with Gasteiger partial charge in [0.15, 0.2) is 0 Å². The standard InChI is InChI=1S/C9H11F2NO.ClH/c1-13-7-5-3-2-4-6(7)8(12)9(10)11;/h2-5,8-9H,12H2,1H3;1H/t8-;/m0./s1. The molecule has 0 aromatic heterocycles. The molecule has 1 aromatic rings. The Kier molecular flexibility index (Phi) is 5.42. The number of hydrogen-bond donors (Lipinski definition) is 1. The molecule has 14 heavy (non-hydrogen) atoms. The number of halogens is 3. The number of methoxy groups -OCH3 is 1. The summed E-state index contributed by atoms with van der Waals surface area (Å²) in [4.78, 5) is 0. The Hall–Kier alpha value is -0.870. The minimum absolute atomic E-state index is 0. The lowest BCUT2D eigenvalue weighted by Crippen LogP contribution is -2.19. The molecule has 0 aliphatic carbocycles. The van der Waals surface area contributed by atoms with E-state index < -0.39 is 12.5 Å². The number of rotatable bonds is 3. The van der Waals surface area contributed by atoms with E-state index in [-0.39, 0.29) is 12.4 Å². The van der Waals surface area contributed by atoms with Gasteiger partial charge in [0, 0.05) is 5.56 Å². The molecule has 1 aromatic carbocycles. The zero-order chi connectivity index (χ0) is 9.84. The van der Waals surface area contributed by atoms with Crippen molar-refractivity contribution in [1.29, 1.82) is 0 Å². The van der Waals surface area contributed by atoms with Gasteiger partial charge >= 0.3 is 0 Å². The van der Waals surface area contributed by atoms with Crippen molar-refractivity contribution in [2.75, 3.05) is 7.11 Å². The van der Waals surface area contributed by atoms with Crippen LogP contribution in [0, 0.1) is 0 Å². The molecular formula is C9H12ClF2NO. The lowest BCUT2D eigenvalue weighted by molar-refractivity contribution is 0.115. The fraction of sp³-hybridized carbons (Fsp3) is 0.333. The van der Waals surface area contributed by atoms with Crippen molar-refractivity contribution in [2.45, 2.75) is 12.5 Å². The number of para-hydroxylation sites is 1. The van der Waals surface area contributed by atoms with E-state index in [1.54, 1.807) is 18.2 Å². The minimum atomic E-state index is -2.57. The van der Waals surface area contributed by atoms with Crippen LogP contribution >= 0.6 is 12.4 Å². The number of benzene rings is 1. The van der Waals surface area contributed by atoms with E-state index in [2.05, 4.69) is 0 Å². The molecule has 0 amide bonds. The third kappa shape index (κ3) is 2.82. The molecule has 0 fully saturated rings. The van der Waals surface area contributed by atoms with E-state index >= 15 is 0 Å². The zero-order valence-corrected chi connectivity index (χ0v) is 8.43. The highest BCUT2D eigenvalue weighted by atomic mass is 35.5. The average molecular weight is 224 g/mol. The quantitative estimate of drug-likeness (QED) is 0.854. The fourth-order valence-electron chi connectivity index (χ4n) is 1.08. The molecule has 1 rings (SSSR count). The first kappa shape index (κ1) is 13.1. The summed E-state index contributed by atoms with van der Waals surface area (Å²) >= 11 is 0. The van der Waals surface area contributed by atoms with Crippen LogP contribution in [0.25, 0.3) is 0 Å². The summed E-state index contributed by atoms with van der Waals surface area (Å²) in [5, 5.41) is 0. The SMILES string of the molecule is COc1ccccc1[C@H](N)C(F)F.Cl. The normalized spacial score (nSPS) is 12.1. The molecule has 2 nitrogen and oxygen atoms in total. The van der Waals surface area contributed by atoms with Gasteiger partial charge in [-0.3, -0.25) is 0 Å². The first-order valence-electron chi connectivity index (χ1n) is 3.83. The van der Waals surface area contributed by atoms with E-state index in [0.717, 1.165) is 0 Å². The van der Waals surface area contributed by atoms with Gasteiger partial charge in [-0.2, -0.15) is 0 Å². The van der Waals surface area contributed by atoms with Crippen LogP contribution in [0.1, 0.15) is 11.6 Å². The van der Waals surface area contributed by atoms with Crippen LogP contribution in [-0.4, -0.2) is 13.5 Å². The second kappa shape index (κ2) is 5.78. The van der Waals surface area contributed by atoms with Gasteiger partial charge < -0.3 is 10.5 Å². The Labute approximate surface area is 87.5 Å². The van der Waals surface area contributed by atoms with E-state index in [1.807, 2.05) is 0 Å². The van der Waals surface area contributed by atoms with Crippen LogP contribution in [0.2, 0.25) is 0 Å². The van der Waals surface area contributed by atoms with Crippen molar-refractivity contribution in [2.24, 2.45) is 5.73 Å². The van der Waals surface area contributed by atoms with Gasteiger partial charge in [0.2, 0.25) is 0 Å². The summed E-state index contributed by atoms with van der Waals surface area (Å²) in [5.41, 5.74) is 5.62. The molecule has 0 aliphatic rings. The van der Waals surface area contributed by atoms with Crippen LogP contribution in [0.3, 0.4) is 0 Å². The Bertz CT molecular complexity index is 283. The Morgan fingerprint density at radius 1 is 1.29 bits per heavy atom. The minimum Gasteiger partial charge on any atom is -0.496 e. The van der Waals surface area contributed by atoms with Crippen molar-refractivity contribution in [1.82, 2.24) is 0 Å². The Morgan fingerprint density at radius 3 is 2.36 bits per heavy atom. The molecule has 0 heterocycles. The van der Waals surface area contributed by atoms with Crippen LogP contribution in [0.4, 0.5) is 8.78 Å². The largest absolute Gasteiger partial charge is 0.496 e. The molecule has 1 atom stereocenters. The molecule has 0 aliphatic heterocycles. The lowest BCUT2D eigenvalue weighted by atomic mass is 10.1. The van der Waals surface area contributed by atoms with Crippen molar-refractivity contribution < 1.29 is 13.5 Å². The van der Waals surface area contributed by atoms with Crippen molar-refractivity contribution in [3.8, 4) is 5.75 Å². The summed E-state index contributed by atoms with van der Waals surface area (Å²) in [6.07, 6.45) is -2.57. The number of hydrogen-bond acceptors (Lipinski definition) is 2. The predicted molar refractivity (Wildman–Crippen MR) is 53.2 cm³/mol. The molecule has 0 unspecified atom stereocenters. The third-order valence-corrected chi connectivity index (χ3v) is 1.77. The first-order chi connectivity index (χ1) is 6.16. The molecule has 2 N–H and O–H groups in total. The molecule has 0 saturated heterocycles. The predicted octanol–water partition coefficient (Wildman–Crippen LogP) is 2.38. The van der Waals surface area contributed by atoms with Crippen LogP contribution < -0.4 is 10.5 Å². The van der Waals surface area contributed by atoms with Gasteiger partial charge in [-0.1, -0.05) is 18.2 Å². The summed E-state index contributed by atoms with van der Waals surface area (Å²) < 4.78 is 29.4. The van der Waals surface area contributed by atoms with E-state index in [1.165, 1.54) is 13.2 Å². The smallest absolute Gasteiger partial charge is 0.257 e. The van der Waals surface area contributed by atoms with Gasteiger partial charge in [0.05, 0.1) is 13.2 Å².